The Labute approximate surface area is 129 Å². The van der Waals surface area contributed by atoms with Crippen molar-refractivity contribution in [2.24, 2.45) is 11.1 Å². The predicted molar refractivity (Wildman–Crippen MR) is 85.2 cm³/mol. The summed E-state index contributed by atoms with van der Waals surface area (Å²) in [6.07, 6.45) is 6.56. The van der Waals surface area contributed by atoms with E-state index in [1.807, 2.05) is 18.7 Å². The van der Waals surface area contributed by atoms with Crippen molar-refractivity contribution in [3.05, 3.63) is 0 Å². The minimum atomic E-state index is 0. The van der Waals surface area contributed by atoms with E-state index in [1.165, 1.54) is 19.3 Å². The minimum absolute atomic E-state index is 0. The minimum Gasteiger partial charge on any atom is -0.380 e. The molecule has 20 heavy (non-hydrogen) atoms. The second kappa shape index (κ2) is 10.4. The van der Waals surface area contributed by atoms with Crippen molar-refractivity contribution >= 4 is 18.3 Å². The van der Waals surface area contributed by atoms with Gasteiger partial charge in [-0.15, -0.1) is 12.4 Å². The average molecular weight is 307 g/mol. The molecule has 0 aromatic carbocycles. The third-order valence-electron chi connectivity index (χ3n) is 4.32. The van der Waals surface area contributed by atoms with Crippen LogP contribution in [-0.4, -0.2) is 43.7 Å². The van der Waals surface area contributed by atoms with Crippen LogP contribution < -0.4 is 5.73 Å². The Kier molecular flexibility index (Phi) is 10.2. The molecule has 0 radical (unpaired) electrons. The molecule has 0 heterocycles. The van der Waals surface area contributed by atoms with E-state index in [0.29, 0.717) is 32.7 Å². The molecule has 5 heteroatoms. The summed E-state index contributed by atoms with van der Waals surface area (Å²) in [5, 5.41) is 0. The van der Waals surface area contributed by atoms with E-state index in [9.17, 15) is 4.79 Å². The number of nitrogens with two attached hydrogens (primary N) is 1. The van der Waals surface area contributed by atoms with Crippen LogP contribution >= 0.6 is 12.4 Å². The number of carbonyl (C=O) groups is 1. The van der Waals surface area contributed by atoms with E-state index in [2.05, 4.69) is 0 Å². The zero-order valence-electron chi connectivity index (χ0n) is 13.0. The Balaban J connectivity index is 0.00000361. The van der Waals surface area contributed by atoms with Crippen LogP contribution in [0.4, 0.5) is 0 Å². The fraction of sp³-hybridized carbons (Fsp3) is 0.933. The van der Waals surface area contributed by atoms with Gasteiger partial charge in [0.2, 0.25) is 5.91 Å². The average Bonchev–Trinajstić information content (AvgIpc) is 2.44. The molecule has 1 saturated carbocycles. The van der Waals surface area contributed by atoms with Gasteiger partial charge < -0.3 is 15.4 Å². The smallest absolute Gasteiger partial charge is 0.223 e. The molecule has 1 aliphatic rings. The van der Waals surface area contributed by atoms with Gasteiger partial charge in [-0.05, 0) is 38.6 Å². The van der Waals surface area contributed by atoms with Gasteiger partial charge in [-0.1, -0.05) is 19.3 Å². The topological polar surface area (TPSA) is 55.6 Å². The van der Waals surface area contributed by atoms with E-state index in [1.54, 1.807) is 0 Å². The number of carbonyl (C=O) groups excluding carboxylic acids is 1. The molecular formula is C15H31ClN2O2. The summed E-state index contributed by atoms with van der Waals surface area (Å²) in [6, 6.07) is 0. The Bertz CT molecular complexity index is 269. The number of ether oxygens (including phenoxy) is 1. The standard InChI is InChI=1S/C15H30N2O2.ClH/c1-3-17(10-11-19-4-2)14(18)12-15(13-16)8-6-5-7-9-15;/h3-13,16H2,1-2H3;1H. The highest BCUT2D eigenvalue weighted by molar-refractivity contribution is 5.85. The van der Waals surface area contributed by atoms with Crippen molar-refractivity contribution in [3.63, 3.8) is 0 Å². The van der Waals surface area contributed by atoms with Gasteiger partial charge in [0.05, 0.1) is 6.61 Å². The normalized spacial score (nSPS) is 17.4. The quantitative estimate of drug-likeness (QED) is 0.701. The monoisotopic (exact) mass is 306 g/mol. The first-order valence-corrected chi connectivity index (χ1v) is 7.73. The largest absolute Gasteiger partial charge is 0.380 e. The summed E-state index contributed by atoms with van der Waals surface area (Å²) in [7, 11) is 0. The van der Waals surface area contributed by atoms with Crippen molar-refractivity contribution in [2.45, 2.75) is 52.4 Å². The molecule has 1 amide bonds. The van der Waals surface area contributed by atoms with E-state index < -0.39 is 0 Å². The molecule has 0 saturated heterocycles. The number of nitrogens with zero attached hydrogens (tertiary/aromatic N) is 1. The Morgan fingerprint density at radius 3 is 2.40 bits per heavy atom. The Morgan fingerprint density at radius 2 is 1.90 bits per heavy atom. The maximum Gasteiger partial charge on any atom is 0.223 e. The molecule has 0 unspecified atom stereocenters. The van der Waals surface area contributed by atoms with Crippen LogP contribution in [0.3, 0.4) is 0 Å². The van der Waals surface area contributed by atoms with Gasteiger partial charge >= 0.3 is 0 Å². The lowest BCUT2D eigenvalue weighted by atomic mass is 9.71. The van der Waals surface area contributed by atoms with Crippen molar-refractivity contribution in [1.82, 2.24) is 4.90 Å². The summed E-state index contributed by atoms with van der Waals surface area (Å²) < 4.78 is 5.34. The highest BCUT2D eigenvalue weighted by Gasteiger charge is 2.34. The zero-order chi connectivity index (χ0) is 14.1. The van der Waals surface area contributed by atoms with Crippen LogP contribution in [0.5, 0.6) is 0 Å². The molecule has 0 aromatic heterocycles. The van der Waals surface area contributed by atoms with Crippen molar-refractivity contribution in [3.8, 4) is 0 Å². The number of likely N-dealkylation sites (N-methyl/N-ethyl adjacent to an activating group) is 1. The van der Waals surface area contributed by atoms with Gasteiger partial charge in [0.1, 0.15) is 0 Å². The van der Waals surface area contributed by atoms with Crippen LogP contribution in [0.2, 0.25) is 0 Å². The summed E-state index contributed by atoms with van der Waals surface area (Å²) in [4.78, 5) is 14.3. The van der Waals surface area contributed by atoms with Gasteiger partial charge in [-0.3, -0.25) is 4.79 Å². The molecule has 1 rings (SSSR count). The van der Waals surface area contributed by atoms with Crippen LogP contribution in [0.15, 0.2) is 0 Å². The first-order valence-electron chi connectivity index (χ1n) is 7.73. The lowest BCUT2D eigenvalue weighted by Gasteiger charge is -2.37. The molecule has 0 bridgehead atoms. The van der Waals surface area contributed by atoms with Gasteiger partial charge in [0.25, 0.3) is 0 Å². The lowest BCUT2D eigenvalue weighted by Crippen LogP contribution is -2.41. The fourth-order valence-electron chi connectivity index (χ4n) is 2.97. The van der Waals surface area contributed by atoms with Gasteiger partial charge in [0, 0.05) is 26.1 Å². The maximum absolute atomic E-state index is 12.4. The van der Waals surface area contributed by atoms with Crippen LogP contribution in [0.25, 0.3) is 0 Å². The number of amides is 1. The molecule has 4 nitrogen and oxygen atoms in total. The molecule has 0 aliphatic heterocycles. The second-order valence-corrected chi connectivity index (χ2v) is 5.61. The number of halogens is 1. The van der Waals surface area contributed by atoms with E-state index in [-0.39, 0.29) is 23.7 Å². The van der Waals surface area contributed by atoms with Gasteiger partial charge in [0.15, 0.2) is 0 Å². The summed E-state index contributed by atoms with van der Waals surface area (Å²) >= 11 is 0. The molecule has 0 aromatic rings. The predicted octanol–water partition coefficient (Wildman–Crippen LogP) is 2.59. The number of rotatable bonds is 8. The van der Waals surface area contributed by atoms with E-state index in [4.69, 9.17) is 10.5 Å². The first-order chi connectivity index (χ1) is 9.17. The fourth-order valence-corrected chi connectivity index (χ4v) is 2.97. The second-order valence-electron chi connectivity index (χ2n) is 5.61. The highest BCUT2D eigenvalue weighted by atomic mass is 35.5. The molecular weight excluding hydrogens is 276 g/mol. The SMILES string of the molecule is CCOCCN(CC)C(=O)CC1(CN)CCCCC1.Cl. The van der Waals surface area contributed by atoms with Gasteiger partial charge in [-0.2, -0.15) is 0 Å². The molecule has 1 fully saturated rings. The maximum atomic E-state index is 12.4. The molecule has 0 spiro atoms. The molecule has 1 aliphatic carbocycles. The Hall–Kier alpha value is -0.320. The van der Waals surface area contributed by atoms with Crippen LogP contribution in [0, 0.1) is 5.41 Å². The number of hydrogen-bond donors (Lipinski definition) is 1. The Morgan fingerprint density at radius 1 is 1.25 bits per heavy atom. The number of hydrogen-bond acceptors (Lipinski definition) is 3. The zero-order valence-corrected chi connectivity index (χ0v) is 13.8. The van der Waals surface area contributed by atoms with Crippen molar-refractivity contribution in [1.29, 1.82) is 0 Å². The first kappa shape index (κ1) is 19.7. The molecule has 120 valence electrons. The van der Waals surface area contributed by atoms with Crippen LogP contribution in [-0.2, 0) is 9.53 Å². The van der Waals surface area contributed by atoms with Crippen molar-refractivity contribution < 1.29 is 9.53 Å². The highest BCUT2D eigenvalue weighted by Crippen LogP contribution is 2.38. The summed E-state index contributed by atoms with van der Waals surface area (Å²) in [5.74, 6) is 0.245. The summed E-state index contributed by atoms with van der Waals surface area (Å²) in [5.41, 5.74) is 6.02. The third-order valence-corrected chi connectivity index (χ3v) is 4.32. The summed E-state index contributed by atoms with van der Waals surface area (Å²) in [6.45, 7) is 7.44. The van der Waals surface area contributed by atoms with E-state index in [0.717, 1.165) is 19.4 Å². The molecule has 0 atom stereocenters. The van der Waals surface area contributed by atoms with Gasteiger partial charge in [-0.25, -0.2) is 0 Å². The lowest BCUT2D eigenvalue weighted by molar-refractivity contribution is -0.134. The molecule has 2 N–H and O–H groups in total. The third kappa shape index (κ3) is 5.98. The van der Waals surface area contributed by atoms with Crippen LogP contribution in [0.1, 0.15) is 52.4 Å². The van der Waals surface area contributed by atoms with Crippen molar-refractivity contribution in [2.75, 3.05) is 32.8 Å². The van der Waals surface area contributed by atoms with E-state index >= 15 is 0 Å².